The SMILES string of the molecule is CS(=O)(=O)CCN1C[C@H](NC(=O)C2CCC2)[C@@H](c2ccccc2)C1. The molecule has 0 radical (unpaired) electrons. The quantitative estimate of drug-likeness (QED) is 0.842. The maximum absolute atomic E-state index is 12.4. The zero-order valence-electron chi connectivity index (χ0n) is 14.1. The molecule has 24 heavy (non-hydrogen) atoms. The molecule has 1 aromatic rings. The maximum Gasteiger partial charge on any atom is 0.223 e. The molecular weight excluding hydrogens is 324 g/mol. The average molecular weight is 350 g/mol. The fourth-order valence-corrected chi connectivity index (χ4v) is 4.11. The Morgan fingerprint density at radius 3 is 2.50 bits per heavy atom. The molecular formula is C18H26N2O3S. The van der Waals surface area contributed by atoms with E-state index in [2.05, 4.69) is 22.3 Å². The van der Waals surface area contributed by atoms with Gasteiger partial charge in [-0.1, -0.05) is 36.8 Å². The number of nitrogens with one attached hydrogen (secondary N) is 1. The highest BCUT2D eigenvalue weighted by atomic mass is 32.2. The van der Waals surface area contributed by atoms with Crippen molar-refractivity contribution in [2.45, 2.75) is 31.2 Å². The monoisotopic (exact) mass is 350 g/mol. The van der Waals surface area contributed by atoms with Crippen molar-refractivity contribution in [1.82, 2.24) is 10.2 Å². The van der Waals surface area contributed by atoms with Crippen molar-refractivity contribution in [1.29, 1.82) is 0 Å². The Balaban J connectivity index is 1.68. The van der Waals surface area contributed by atoms with E-state index in [1.807, 2.05) is 18.2 Å². The molecule has 1 aromatic carbocycles. The number of amides is 1. The third kappa shape index (κ3) is 4.36. The minimum atomic E-state index is -2.97. The molecule has 5 nitrogen and oxygen atoms in total. The van der Waals surface area contributed by atoms with Crippen molar-refractivity contribution in [3.63, 3.8) is 0 Å². The molecule has 6 heteroatoms. The largest absolute Gasteiger partial charge is 0.351 e. The third-order valence-corrected chi connectivity index (χ3v) is 6.13. The second-order valence-electron chi connectivity index (χ2n) is 7.15. The van der Waals surface area contributed by atoms with E-state index in [9.17, 15) is 13.2 Å². The van der Waals surface area contributed by atoms with E-state index in [4.69, 9.17) is 0 Å². The van der Waals surface area contributed by atoms with Crippen LogP contribution in [0.15, 0.2) is 30.3 Å². The number of carbonyl (C=O) groups excluding carboxylic acids is 1. The lowest BCUT2D eigenvalue weighted by Crippen LogP contribution is -2.44. The number of nitrogens with zero attached hydrogens (tertiary/aromatic N) is 1. The molecule has 0 unspecified atom stereocenters. The Morgan fingerprint density at radius 1 is 1.21 bits per heavy atom. The van der Waals surface area contributed by atoms with Gasteiger partial charge in [0.15, 0.2) is 0 Å². The van der Waals surface area contributed by atoms with Gasteiger partial charge in [0, 0.05) is 43.8 Å². The number of likely N-dealkylation sites (tertiary alicyclic amines) is 1. The van der Waals surface area contributed by atoms with Gasteiger partial charge in [0.05, 0.1) is 5.75 Å². The summed E-state index contributed by atoms with van der Waals surface area (Å²) in [5.41, 5.74) is 1.21. The van der Waals surface area contributed by atoms with Crippen molar-refractivity contribution in [2.24, 2.45) is 5.92 Å². The van der Waals surface area contributed by atoms with Crippen molar-refractivity contribution in [2.75, 3.05) is 31.6 Å². The normalized spacial score (nSPS) is 25.4. The molecule has 1 saturated heterocycles. The van der Waals surface area contributed by atoms with E-state index < -0.39 is 9.84 Å². The van der Waals surface area contributed by atoms with Crippen molar-refractivity contribution >= 4 is 15.7 Å². The number of benzene rings is 1. The lowest BCUT2D eigenvalue weighted by atomic mass is 9.84. The van der Waals surface area contributed by atoms with E-state index in [-0.39, 0.29) is 29.5 Å². The van der Waals surface area contributed by atoms with Gasteiger partial charge in [0.2, 0.25) is 5.91 Å². The van der Waals surface area contributed by atoms with Gasteiger partial charge in [-0.3, -0.25) is 9.69 Å². The Labute approximate surface area is 144 Å². The molecule has 1 heterocycles. The van der Waals surface area contributed by atoms with Gasteiger partial charge in [-0.05, 0) is 18.4 Å². The summed E-state index contributed by atoms with van der Waals surface area (Å²) in [5, 5.41) is 3.23. The standard InChI is InChI=1S/C18H26N2O3S/c1-24(22,23)11-10-20-12-16(14-6-3-2-4-7-14)17(13-20)19-18(21)15-8-5-9-15/h2-4,6-7,15-17H,5,8-13H2,1H3,(H,19,21)/t16-,17+/m1/s1. The zero-order chi connectivity index (χ0) is 17.2. The summed E-state index contributed by atoms with van der Waals surface area (Å²) >= 11 is 0. The number of rotatable bonds is 6. The smallest absolute Gasteiger partial charge is 0.223 e. The number of carbonyl (C=O) groups is 1. The third-order valence-electron chi connectivity index (χ3n) is 5.21. The zero-order valence-corrected chi connectivity index (χ0v) is 15.0. The molecule has 2 fully saturated rings. The maximum atomic E-state index is 12.4. The summed E-state index contributed by atoms with van der Waals surface area (Å²) in [6.45, 7) is 2.03. The van der Waals surface area contributed by atoms with Gasteiger partial charge >= 0.3 is 0 Å². The molecule has 2 atom stereocenters. The van der Waals surface area contributed by atoms with E-state index in [0.717, 1.165) is 25.8 Å². The van der Waals surface area contributed by atoms with E-state index in [0.29, 0.717) is 13.1 Å². The van der Waals surface area contributed by atoms with Crippen molar-refractivity contribution in [3.05, 3.63) is 35.9 Å². The van der Waals surface area contributed by atoms with Gasteiger partial charge in [0.1, 0.15) is 9.84 Å². The second-order valence-corrected chi connectivity index (χ2v) is 9.41. The molecule has 1 amide bonds. The van der Waals surface area contributed by atoms with Crippen LogP contribution in [0.1, 0.15) is 30.7 Å². The molecule has 1 aliphatic heterocycles. The summed E-state index contributed by atoms with van der Waals surface area (Å²) in [6, 6.07) is 10.3. The lowest BCUT2D eigenvalue weighted by Gasteiger charge is -2.28. The molecule has 1 N–H and O–H groups in total. The highest BCUT2D eigenvalue weighted by Crippen LogP contribution is 2.30. The number of hydrogen-bond donors (Lipinski definition) is 1. The van der Waals surface area contributed by atoms with Gasteiger partial charge in [-0.2, -0.15) is 0 Å². The Morgan fingerprint density at radius 2 is 1.92 bits per heavy atom. The molecule has 3 rings (SSSR count). The van der Waals surface area contributed by atoms with Gasteiger partial charge in [-0.25, -0.2) is 8.42 Å². The molecule has 0 aromatic heterocycles. The van der Waals surface area contributed by atoms with Crippen LogP contribution in [0.5, 0.6) is 0 Å². The van der Waals surface area contributed by atoms with Crippen LogP contribution in [0.4, 0.5) is 0 Å². The molecule has 1 aliphatic carbocycles. The topological polar surface area (TPSA) is 66.5 Å². The second kappa shape index (κ2) is 7.23. The fourth-order valence-electron chi connectivity index (χ4n) is 3.52. The molecule has 1 saturated carbocycles. The summed E-state index contributed by atoms with van der Waals surface area (Å²) < 4.78 is 22.9. The highest BCUT2D eigenvalue weighted by Gasteiger charge is 2.36. The molecule has 132 valence electrons. The van der Waals surface area contributed by atoms with Crippen LogP contribution in [0.3, 0.4) is 0 Å². The molecule has 2 aliphatic rings. The van der Waals surface area contributed by atoms with Crippen LogP contribution < -0.4 is 5.32 Å². The van der Waals surface area contributed by atoms with Crippen molar-refractivity contribution < 1.29 is 13.2 Å². The van der Waals surface area contributed by atoms with Crippen LogP contribution in [0.25, 0.3) is 0 Å². The predicted octanol–water partition coefficient (Wildman–Crippen LogP) is 1.42. The average Bonchev–Trinajstić information content (AvgIpc) is 2.86. The first-order valence-electron chi connectivity index (χ1n) is 8.68. The number of hydrogen-bond acceptors (Lipinski definition) is 4. The van der Waals surface area contributed by atoms with E-state index in [1.165, 1.54) is 11.8 Å². The first-order valence-corrected chi connectivity index (χ1v) is 10.7. The minimum absolute atomic E-state index is 0.0556. The van der Waals surface area contributed by atoms with Crippen molar-refractivity contribution in [3.8, 4) is 0 Å². The Bertz CT molecular complexity index is 671. The van der Waals surface area contributed by atoms with Crippen LogP contribution >= 0.6 is 0 Å². The van der Waals surface area contributed by atoms with E-state index in [1.54, 1.807) is 0 Å². The van der Waals surface area contributed by atoms with Crippen LogP contribution in [0.2, 0.25) is 0 Å². The van der Waals surface area contributed by atoms with Crippen LogP contribution in [-0.4, -0.2) is 56.9 Å². The van der Waals surface area contributed by atoms with Crippen LogP contribution in [0, 0.1) is 5.92 Å². The Kier molecular flexibility index (Phi) is 5.25. The minimum Gasteiger partial charge on any atom is -0.351 e. The summed E-state index contributed by atoms with van der Waals surface area (Å²) in [5.74, 6) is 0.719. The summed E-state index contributed by atoms with van der Waals surface area (Å²) in [4.78, 5) is 14.5. The summed E-state index contributed by atoms with van der Waals surface area (Å²) in [7, 11) is -2.97. The number of sulfone groups is 1. The summed E-state index contributed by atoms with van der Waals surface area (Å²) in [6.07, 6.45) is 4.40. The molecule has 0 spiro atoms. The van der Waals surface area contributed by atoms with Gasteiger partial charge < -0.3 is 5.32 Å². The fraction of sp³-hybridized carbons (Fsp3) is 0.611. The Hall–Kier alpha value is -1.40. The van der Waals surface area contributed by atoms with E-state index >= 15 is 0 Å². The first-order chi connectivity index (χ1) is 11.4. The van der Waals surface area contributed by atoms with Crippen LogP contribution in [-0.2, 0) is 14.6 Å². The lowest BCUT2D eigenvalue weighted by molar-refractivity contribution is -0.128. The van der Waals surface area contributed by atoms with Gasteiger partial charge in [0.25, 0.3) is 0 Å². The molecule has 0 bridgehead atoms. The predicted molar refractivity (Wildman–Crippen MR) is 94.6 cm³/mol. The highest BCUT2D eigenvalue weighted by molar-refractivity contribution is 7.90. The first kappa shape index (κ1) is 17.4. The van der Waals surface area contributed by atoms with Gasteiger partial charge in [-0.15, -0.1) is 0 Å².